The number of rotatable bonds is 5. The van der Waals surface area contributed by atoms with Crippen LogP contribution in [-0.2, 0) is 18.3 Å². The maximum Gasteiger partial charge on any atom is 0.332 e. The zero-order valence-electron chi connectivity index (χ0n) is 18.4. The molecule has 4 aromatic rings. The summed E-state index contributed by atoms with van der Waals surface area (Å²) < 4.78 is 17.4. The van der Waals surface area contributed by atoms with Crippen molar-refractivity contribution in [1.82, 2.24) is 28.0 Å². The van der Waals surface area contributed by atoms with Gasteiger partial charge in [0.1, 0.15) is 5.75 Å². The SMILES string of the molecule is COc1ccccc1-n1c(C)cn2c3c(=O)n(CCN4CCOCC4)c(=O)n(C)c3nc12. The fraction of sp³-hybridized carbons (Fsp3) is 0.409. The van der Waals surface area contributed by atoms with E-state index in [2.05, 4.69) is 4.90 Å². The van der Waals surface area contributed by atoms with Crippen LogP contribution < -0.4 is 16.0 Å². The first-order chi connectivity index (χ1) is 15.5. The molecule has 1 saturated heterocycles. The van der Waals surface area contributed by atoms with Crippen molar-refractivity contribution < 1.29 is 9.47 Å². The predicted molar refractivity (Wildman–Crippen MR) is 120 cm³/mol. The van der Waals surface area contributed by atoms with E-state index in [1.54, 1.807) is 18.6 Å². The van der Waals surface area contributed by atoms with Crippen LogP contribution in [0.3, 0.4) is 0 Å². The fourth-order valence-corrected chi connectivity index (χ4v) is 4.39. The first-order valence-corrected chi connectivity index (χ1v) is 10.6. The van der Waals surface area contributed by atoms with Gasteiger partial charge in [0, 0.05) is 45.1 Å². The molecule has 0 bridgehead atoms. The lowest BCUT2D eigenvalue weighted by molar-refractivity contribution is 0.0361. The Kier molecular flexibility index (Phi) is 5.10. The lowest BCUT2D eigenvalue weighted by atomic mass is 10.3. The molecule has 5 rings (SSSR count). The number of ether oxygens (including phenoxy) is 2. The molecule has 168 valence electrons. The van der Waals surface area contributed by atoms with Gasteiger partial charge in [-0.25, -0.2) is 4.79 Å². The average molecular weight is 438 g/mol. The zero-order valence-corrected chi connectivity index (χ0v) is 18.4. The number of fused-ring (bicyclic) bond motifs is 3. The van der Waals surface area contributed by atoms with Gasteiger partial charge in [-0.1, -0.05) is 12.1 Å². The molecule has 1 aromatic carbocycles. The van der Waals surface area contributed by atoms with E-state index < -0.39 is 0 Å². The Hall–Kier alpha value is -3.37. The van der Waals surface area contributed by atoms with E-state index in [1.165, 1.54) is 9.13 Å². The summed E-state index contributed by atoms with van der Waals surface area (Å²) in [7, 11) is 3.27. The minimum Gasteiger partial charge on any atom is -0.495 e. The fourth-order valence-electron chi connectivity index (χ4n) is 4.39. The largest absolute Gasteiger partial charge is 0.495 e. The Bertz CT molecular complexity index is 1420. The Morgan fingerprint density at radius 1 is 1.12 bits per heavy atom. The molecular weight excluding hydrogens is 412 g/mol. The van der Waals surface area contributed by atoms with Crippen LogP contribution in [0.2, 0.25) is 0 Å². The number of para-hydroxylation sites is 2. The zero-order chi connectivity index (χ0) is 22.4. The standard InChI is InChI=1S/C22H26N6O4/c1-15-14-27-18-19(23-21(27)28(15)16-6-4-5-7-17(16)31-3)24(2)22(30)26(20(18)29)9-8-25-10-12-32-13-11-25/h4-7,14H,8-13H2,1-3H3. The van der Waals surface area contributed by atoms with E-state index in [4.69, 9.17) is 14.5 Å². The highest BCUT2D eigenvalue weighted by Crippen LogP contribution is 2.27. The lowest BCUT2D eigenvalue weighted by Gasteiger charge is -2.26. The smallest absolute Gasteiger partial charge is 0.332 e. The molecule has 10 nitrogen and oxygen atoms in total. The maximum absolute atomic E-state index is 13.4. The summed E-state index contributed by atoms with van der Waals surface area (Å²) >= 11 is 0. The van der Waals surface area contributed by atoms with Crippen LogP contribution in [0, 0.1) is 6.92 Å². The van der Waals surface area contributed by atoms with Crippen LogP contribution in [-0.4, -0.2) is 67.9 Å². The van der Waals surface area contributed by atoms with Crippen LogP contribution in [0.1, 0.15) is 5.69 Å². The van der Waals surface area contributed by atoms with Gasteiger partial charge in [0.15, 0.2) is 11.2 Å². The van der Waals surface area contributed by atoms with Gasteiger partial charge >= 0.3 is 5.69 Å². The first-order valence-electron chi connectivity index (χ1n) is 10.6. The topological polar surface area (TPSA) is 87.9 Å². The monoisotopic (exact) mass is 438 g/mol. The Labute approximate surface area is 183 Å². The molecule has 1 aliphatic heterocycles. The van der Waals surface area contributed by atoms with Gasteiger partial charge in [-0.15, -0.1) is 0 Å². The van der Waals surface area contributed by atoms with E-state index >= 15 is 0 Å². The van der Waals surface area contributed by atoms with Gasteiger partial charge in [0.05, 0.1) is 26.0 Å². The number of hydrogen-bond donors (Lipinski definition) is 0. The minimum atomic E-state index is -0.364. The molecule has 32 heavy (non-hydrogen) atoms. The molecule has 0 radical (unpaired) electrons. The second kappa shape index (κ2) is 7.95. The quantitative estimate of drug-likeness (QED) is 0.458. The molecule has 0 atom stereocenters. The van der Waals surface area contributed by atoms with Crippen molar-refractivity contribution in [2.75, 3.05) is 40.0 Å². The summed E-state index contributed by atoms with van der Waals surface area (Å²) in [5, 5.41) is 0. The van der Waals surface area contributed by atoms with Crippen LogP contribution in [0.25, 0.3) is 22.6 Å². The summed E-state index contributed by atoms with van der Waals surface area (Å²) in [5.41, 5.74) is 1.77. The van der Waals surface area contributed by atoms with Crippen LogP contribution in [0.4, 0.5) is 0 Å². The van der Waals surface area contributed by atoms with E-state index in [0.717, 1.165) is 24.5 Å². The predicted octanol–water partition coefficient (Wildman–Crippen LogP) is 0.788. The summed E-state index contributed by atoms with van der Waals surface area (Å²) in [6, 6.07) is 7.63. The van der Waals surface area contributed by atoms with Gasteiger partial charge in [-0.2, -0.15) is 4.98 Å². The average Bonchev–Trinajstić information content (AvgIpc) is 3.32. The molecule has 0 spiro atoms. The maximum atomic E-state index is 13.4. The number of hydrogen-bond acceptors (Lipinski definition) is 6. The van der Waals surface area contributed by atoms with Crippen LogP contribution >= 0.6 is 0 Å². The summed E-state index contributed by atoms with van der Waals surface area (Å²) in [5.74, 6) is 1.25. The molecular formula is C22H26N6O4. The van der Waals surface area contributed by atoms with Crippen molar-refractivity contribution in [2.24, 2.45) is 7.05 Å². The third-order valence-electron chi connectivity index (χ3n) is 6.10. The van der Waals surface area contributed by atoms with E-state index in [0.29, 0.717) is 49.0 Å². The third-order valence-corrected chi connectivity index (χ3v) is 6.10. The Morgan fingerprint density at radius 3 is 2.62 bits per heavy atom. The number of methoxy groups -OCH3 is 1. The number of benzene rings is 1. The normalized spacial score (nSPS) is 15.1. The van der Waals surface area contributed by atoms with Crippen molar-refractivity contribution in [3.05, 3.63) is 57.0 Å². The van der Waals surface area contributed by atoms with Gasteiger partial charge in [0.25, 0.3) is 5.56 Å². The summed E-state index contributed by atoms with van der Waals surface area (Å²) in [4.78, 5) is 33.3. The lowest BCUT2D eigenvalue weighted by Crippen LogP contribution is -2.44. The van der Waals surface area contributed by atoms with Crippen LogP contribution in [0.15, 0.2) is 40.1 Å². The van der Waals surface area contributed by atoms with E-state index in [9.17, 15) is 9.59 Å². The Morgan fingerprint density at radius 2 is 1.88 bits per heavy atom. The van der Waals surface area contributed by atoms with Gasteiger partial charge in [-0.05, 0) is 19.1 Å². The molecule has 0 unspecified atom stereocenters. The molecule has 0 N–H and O–H groups in total. The van der Waals surface area contributed by atoms with Crippen molar-refractivity contribution in [3.63, 3.8) is 0 Å². The number of aryl methyl sites for hydroxylation is 2. The number of imidazole rings is 2. The third kappa shape index (κ3) is 3.14. The first kappa shape index (κ1) is 20.5. The second-order valence-electron chi connectivity index (χ2n) is 7.98. The molecule has 3 aromatic heterocycles. The summed E-state index contributed by atoms with van der Waals surface area (Å²) in [6.07, 6.45) is 1.87. The van der Waals surface area contributed by atoms with E-state index in [1.807, 2.05) is 42.0 Å². The van der Waals surface area contributed by atoms with Gasteiger partial charge in [0.2, 0.25) is 5.78 Å². The van der Waals surface area contributed by atoms with Crippen LogP contribution in [0.5, 0.6) is 5.75 Å². The number of morpholine rings is 1. The van der Waals surface area contributed by atoms with Crippen molar-refractivity contribution in [3.8, 4) is 11.4 Å². The minimum absolute atomic E-state index is 0.320. The van der Waals surface area contributed by atoms with Crippen molar-refractivity contribution in [1.29, 1.82) is 0 Å². The molecule has 0 amide bonds. The highest BCUT2D eigenvalue weighted by Gasteiger charge is 2.22. The molecule has 4 heterocycles. The summed E-state index contributed by atoms with van der Waals surface area (Å²) in [6.45, 7) is 5.83. The molecule has 10 heteroatoms. The molecule has 0 aliphatic carbocycles. The van der Waals surface area contributed by atoms with E-state index in [-0.39, 0.29) is 11.2 Å². The molecule has 1 aliphatic rings. The highest BCUT2D eigenvalue weighted by atomic mass is 16.5. The molecule has 1 fully saturated rings. The second-order valence-corrected chi connectivity index (χ2v) is 7.98. The number of aromatic nitrogens is 5. The van der Waals surface area contributed by atoms with Crippen molar-refractivity contribution >= 4 is 16.9 Å². The number of nitrogens with zero attached hydrogens (tertiary/aromatic N) is 6. The molecule has 0 saturated carbocycles. The highest BCUT2D eigenvalue weighted by molar-refractivity contribution is 5.76. The van der Waals surface area contributed by atoms with Crippen molar-refractivity contribution in [2.45, 2.75) is 13.5 Å². The van der Waals surface area contributed by atoms with Gasteiger partial charge < -0.3 is 9.47 Å². The van der Waals surface area contributed by atoms with Gasteiger partial charge in [-0.3, -0.25) is 27.8 Å². The Balaban J connectivity index is 1.68.